The van der Waals surface area contributed by atoms with Crippen LogP contribution < -0.4 is 5.32 Å². The van der Waals surface area contributed by atoms with Crippen molar-refractivity contribution < 1.29 is 19.1 Å². The summed E-state index contributed by atoms with van der Waals surface area (Å²) in [5.74, 6) is -1.56. The van der Waals surface area contributed by atoms with Gasteiger partial charge < -0.3 is 15.4 Å². The molecule has 198 valence electrons. The molecule has 0 bridgehead atoms. The molecule has 7 heteroatoms. The molecule has 1 amide bonds. The maximum atomic E-state index is 14.8. The Hall–Kier alpha value is -3.64. The number of benzene rings is 3. The van der Waals surface area contributed by atoms with Gasteiger partial charge in [0, 0.05) is 34.6 Å². The lowest BCUT2D eigenvalue weighted by molar-refractivity contribution is -0.136. The summed E-state index contributed by atoms with van der Waals surface area (Å²) in [7, 11) is 0. The van der Waals surface area contributed by atoms with E-state index in [0.29, 0.717) is 16.1 Å². The van der Waals surface area contributed by atoms with Crippen LogP contribution in [-0.4, -0.2) is 28.5 Å². The van der Waals surface area contributed by atoms with E-state index in [1.165, 1.54) is 6.07 Å². The number of nitrogens with one attached hydrogen (secondary N) is 2. The third-order valence-corrected chi connectivity index (χ3v) is 7.23. The number of rotatable bonds is 11. The lowest BCUT2D eigenvalue weighted by atomic mass is 9.74. The van der Waals surface area contributed by atoms with Gasteiger partial charge in [-0.1, -0.05) is 55.6 Å². The molecule has 38 heavy (non-hydrogen) atoms. The topological polar surface area (TPSA) is 82.2 Å². The van der Waals surface area contributed by atoms with Gasteiger partial charge in [-0.05, 0) is 77.9 Å². The summed E-state index contributed by atoms with van der Waals surface area (Å²) in [5, 5.41) is 13.0. The lowest BCUT2D eigenvalue weighted by Gasteiger charge is -2.29. The highest BCUT2D eigenvalue weighted by atomic mass is 35.5. The van der Waals surface area contributed by atoms with Crippen LogP contribution in [0.4, 0.5) is 4.39 Å². The van der Waals surface area contributed by atoms with Crippen molar-refractivity contribution >= 4 is 34.4 Å². The van der Waals surface area contributed by atoms with Gasteiger partial charge in [-0.15, -0.1) is 0 Å². The highest BCUT2D eigenvalue weighted by molar-refractivity contribution is 6.30. The van der Waals surface area contributed by atoms with Gasteiger partial charge in [-0.3, -0.25) is 9.59 Å². The van der Waals surface area contributed by atoms with Gasteiger partial charge in [0.2, 0.25) is 0 Å². The Labute approximate surface area is 227 Å². The Morgan fingerprint density at radius 3 is 2.39 bits per heavy atom. The summed E-state index contributed by atoms with van der Waals surface area (Å²) in [6.45, 7) is 4.12. The summed E-state index contributed by atoms with van der Waals surface area (Å²) in [6, 6.07) is 18.9. The number of aliphatic carboxylic acids is 1. The first kappa shape index (κ1) is 27.4. The van der Waals surface area contributed by atoms with Crippen LogP contribution in [0.25, 0.3) is 10.9 Å². The zero-order chi connectivity index (χ0) is 27.2. The molecule has 0 fully saturated rings. The Morgan fingerprint density at radius 1 is 1.05 bits per heavy atom. The molecule has 0 saturated heterocycles. The summed E-state index contributed by atoms with van der Waals surface area (Å²) >= 11 is 6.23. The number of carbonyl (C=O) groups is 2. The quantitative estimate of drug-likeness (QED) is 0.185. The number of hydrogen-bond acceptors (Lipinski definition) is 2. The van der Waals surface area contributed by atoms with Gasteiger partial charge in [0.25, 0.3) is 5.91 Å². The third-order valence-electron chi connectivity index (χ3n) is 6.98. The van der Waals surface area contributed by atoms with Crippen molar-refractivity contribution in [3.8, 4) is 0 Å². The molecule has 1 aromatic heterocycles. The van der Waals surface area contributed by atoms with E-state index in [4.69, 9.17) is 16.7 Å². The summed E-state index contributed by atoms with van der Waals surface area (Å²) < 4.78 is 14.8. The van der Waals surface area contributed by atoms with Crippen molar-refractivity contribution in [2.75, 3.05) is 6.54 Å². The van der Waals surface area contributed by atoms with Gasteiger partial charge in [0.1, 0.15) is 5.82 Å². The van der Waals surface area contributed by atoms with Crippen LogP contribution in [0.15, 0.2) is 66.9 Å². The van der Waals surface area contributed by atoms with Crippen LogP contribution in [0.5, 0.6) is 0 Å². The normalized spacial score (nSPS) is 12.8. The van der Waals surface area contributed by atoms with E-state index >= 15 is 0 Å². The van der Waals surface area contributed by atoms with E-state index in [0.717, 1.165) is 46.9 Å². The number of fused-ring (bicyclic) bond motifs is 1. The Bertz CT molecular complexity index is 1410. The molecule has 5 nitrogen and oxygen atoms in total. The van der Waals surface area contributed by atoms with E-state index in [-0.39, 0.29) is 36.5 Å². The molecule has 0 aliphatic rings. The first-order valence-electron chi connectivity index (χ1n) is 12.9. The number of aryl methyl sites for hydroxylation is 1. The number of hydrogen-bond donors (Lipinski definition) is 3. The van der Waals surface area contributed by atoms with E-state index < -0.39 is 5.97 Å². The number of H-pyrrole nitrogens is 1. The van der Waals surface area contributed by atoms with E-state index in [2.05, 4.69) is 17.2 Å². The molecule has 3 aromatic carbocycles. The summed E-state index contributed by atoms with van der Waals surface area (Å²) in [4.78, 5) is 26.4. The maximum absolute atomic E-state index is 14.8. The molecule has 0 aliphatic heterocycles. The molecule has 0 radical (unpaired) electrons. The van der Waals surface area contributed by atoms with Crippen molar-refractivity contribution in [1.29, 1.82) is 0 Å². The van der Waals surface area contributed by atoms with Crippen LogP contribution in [0.2, 0.25) is 5.02 Å². The van der Waals surface area contributed by atoms with E-state index in [9.17, 15) is 14.0 Å². The maximum Gasteiger partial charge on any atom is 0.305 e. The number of carbonyl (C=O) groups excluding carboxylic acids is 1. The molecular weight excluding hydrogens is 503 g/mol. The number of carboxylic acids is 1. The van der Waals surface area contributed by atoms with Crippen molar-refractivity contribution in [3.63, 3.8) is 0 Å². The largest absolute Gasteiger partial charge is 0.481 e. The van der Waals surface area contributed by atoms with Crippen molar-refractivity contribution in [2.45, 2.75) is 51.4 Å². The average Bonchev–Trinajstić information content (AvgIpc) is 3.31. The van der Waals surface area contributed by atoms with Crippen molar-refractivity contribution in [3.05, 3.63) is 106 Å². The predicted octanol–water partition coefficient (Wildman–Crippen LogP) is 7.58. The molecule has 3 N–H and O–H groups in total. The fraction of sp³-hybridized carbons (Fsp3) is 0.290. The first-order chi connectivity index (χ1) is 18.3. The molecule has 4 aromatic rings. The molecule has 0 spiro atoms. The second kappa shape index (κ2) is 12.3. The van der Waals surface area contributed by atoms with Gasteiger partial charge in [-0.2, -0.15) is 0 Å². The first-order valence-corrected chi connectivity index (χ1v) is 13.3. The van der Waals surface area contributed by atoms with E-state index in [1.54, 1.807) is 12.1 Å². The molecule has 1 heterocycles. The number of carboxylic acid groups (broad SMARTS) is 1. The van der Waals surface area contributed by atoms with Crippen LogP contribution in [0.1, 0.15) is 77.1 Å². The van der Waals surface area contributed by atoms with Crippen LogP contribution in [-0.2, 0) is 4.79 Å². The fourth-order valence-electron chi connectivity index (χ4n) is 5.12. The highest BCUT2D eigenvalue weighted by Gasteiger charge is 2.29. The van der Waals surface area contributed by atoms with Gasteiger partial charge in [0.05, 0.1) is 11.9 Å². The molecular formula is C31H32ClFN2O3. The van der Waals surface area contributed by atoms with Crippen LogP contribution in [0.3, 0.4) is 0 Å². The Kier molecular flexibility index (Phi) is 8.85. The van der Waals surface area contributed by atoms with Crippen LogP contribution in [0, 0.1) is 12.7 Å². The van der Waals surface area contributed by atoms with Gasteiger partial charge >= 0.3 is 5.97 Å². The average molecular weight is 535 g/mol. The molecule has 0 saturated carbocycles. The number of aromatic amines is 1. The van der Waals surface area contributed by atoms with Crippen molar-refractivity contribution in [1.82, 2.24) is 10.3 Å². The lowest BCUT2D eigenvalue weighted by Crippen LogP contribution is -2.26. The summed E-state index contributed by atoms with van der Waals surface area (Å²) in [6.07, 6.45) is 4.71. The molecule has 0 aliphatic carbocycles. The Balaban J connectivity index is 1.77. The minimum absolute atomic E-state index is 0.0582. The standard InChI is InChI=1S/C31H32ClFN2O3/c1-3-4-5-24(20-6-8-22(9-7-20)31(38)34-15-14-28(36)37)29(21-10-12-23(32)13-11-21)26-18-35-30-25(26)16-19(2)17-27(30)33/h6-13,16-18,24,29,35H,3-5,14-15H2,1-2H3,(H,34,38)(H,36,37)/t24-,29+/m1/s1. The second-order valence-electron chi connectivity index (χ2n) is 9.71. The number of halogens is 2. The number of amides is 1. The molecule has 4 rings (SSSR count). The predicted molar refractivity (Wildman–Crippen MR) is 150 cm³/mol. The highest BCUT2D eigenvalue weighted by Crippen LogP contribution is 2.44. The van der Waals surface area contributed by atoms with E-state index in [1.807, 2.05) is 55.6 Å². The number of aromatic nitrogens is 1. The van der Waals surface area contributed by atoms with Gasteiger partial charge in [-0.25, -0.2) is 4.39 Å². The minimum Gasteiger partial charge on any atom is -0.481 e. The summed E-state index contributed by atoms with van der Waals surface area (Å²) in [5.41, 5.74) is 4.99. The van der Waals surface area contributed by atoms with Gasteiger partial charge in [0.15, 0.2) is 0 Å². The third kappa shape index (κ3) is 6.25. The Morgan fingerprint density at radius 2 is 1.74 bits per heavy atom. The number of unbranched alkanes of at least 4 members (excludes halogenated alkanes) is 1. The molecule has 0 unspecified atom stereocenters. The molecule has 2 atom stereocenters. The zero-order valence-electron chi connectivity index (χ0n) is 21.6. The zero-order valence-corrected chi connectivity index (χ0v) is 22.3. The second-order valence-corrected chi connectivity index (χ2v) is 10.1. The van der Waals surface area contributed by atoms with Crippen molar-refractivity contribution in [2.24, 2.45) is 0 Å². The monoisotopic (exact) mass is 534 g/mol. The smallest absolute Gasteiger partial charge is 0.305 e. The minimum atomic E-state index is -0.958. The fourth-order valence-corrected chi connectivity index (χ4v) is 5.24. The SMILES string of the molecule is CCCC[C@H](c1ccc(C(=O)NCCC(=O)O)cc1)[C@H](c1ccc(Cl)cc1)c1c[nH]c2c(F)cc(C)cc12. The van der Waals surface area contributed by atoms with Crippen LogP contribution >= 0.6 is 11.6 Å².